The van der Waals surface area contributed by atoms with Crippen LogP contribution in [0.3, 0.4) is 0 Å². The number of carbonyl (C=O) groups is 1. The molecule has 82 valence electrons. The molecule has 0 aliphatic heterocycles. The highest BCUT2D eigenvalue weighted by atomic mass is 16.5. The molecule has 2 N–H and O–H groups in total. The number of imidazole rings is 1. The van der Waals surface area contributed by atoms with Crippen LogP contribution in [0.4, 0.5) is 5.82 Å². The average molecular weight is 218 g/mol. The molecule has 0 saturated heterocycles. The van der Waals surface area contributed by atoms with Crippen LogP contribution in [-0.4, -0.2) is 27.6 Å². The van der Waals surface area contributed by atoms with E-state index < -0.39 is 5.97 Å². The van der Waals surface area contributed by atoms with Crippen molar-refractivity contribution in [1.29, 1.82) is 0 Å². The summed E-state index contributed by atoms with van der Waals surface area (Å²) < 4.78 is 6.23. The maximum Gasteiger partial charge on any atom is 0.358 e. The van der Waals surface area contributed by atoms with Gasteiger partial charge in [-0.15, -0.1) is 0 Å². The molecular formula is C10H10N4O2. The first kappa shape index (κ1) is 10.2. The summed E-state index contributed by atoms with van der Waals surface area (Å²) in [5, 5.41) is 0. The normalized spacial score (nSPS) is 10.1. The summed E-state index contributed by atoms with van der Waals surface area (Å²) in [5.41, 5.74) is 6.59. The smallest absolute Gasteiger partial charge is 0.358 e. The Balaban J connectivity index is 2.35. The van der Waals surface area contributed by atoms with E-state index in [-0.39, 0.29) is 5.69 Å². The van der Waals surface area contributed by atoms with Crippen LogP contribution in [0, 0.1) is 0 Å². The highest BCUT2D eigenvalue weighted by molar-refractivity contribution is 5.86. The zero-order valence-electron chi connectivity index (χ0n) is 8.62. The zero-order valence-corrected chi connectivity index (χ0v) is 8.62. The van der Waals surface area contributed by atoms with Crippen molar-refractivity contribution in [1.82, 2.24) is 14.5 Å². The fourth-order valence-corrected chi connectivity index (χ4v) is 1.27. The quantitative estimate of drug-likeness (QED) is 0.748. The third-order valence-electron chi connectivity index (χ3n) is 2.04. The largest absolute Gasteiger partial charge is 0.464 e. The summed E-state index contributed by atoms with van der Waals surface area (Å²) in [5.74, 6) is -0.0633. The topological polar surface area (TPSA) is 83.0 Å². The number of anilines is 1. The Morgan fingerprint density at radius 2 is 2.31 bits per heavy atom. The fourth-order valence-electron chi connectivity index (χ4n) is 1.27. The first-order chi connectivity index (χ1) is 7.70. The maximum atomic E-state index is 11.2. The van der Waals surface area contributed by atoms with Crippen LogP contribution in [0.2, 0.25) is 0 Å². The van der Waals surface area contributed by atoms with Gasteiger partial charge in [0, 0.05) is 18.5 Å². The number of pyridine rings is 1. The highest BCUT2D eigenvalue weighted by Crippen LogP contribution is 2.10. The molecule has 0 saturated carbocycles. The number of hydrogen-bond acceptors (Lipinski definition) is 5. The number of methoxy groups -OCH3 is 1. The van der Waals surface area contributed by atoms with Gasteiger partial charge in [0.2, 0.25) is 0 Å². The standard InChI is InChI=1S/C10H10N4O2/c1-16-10(15)8-5-14(6-13-8)7-2-3-12-9(11)4-7/h2-6H,1H3,(H2,11,12). The van der Waals surface area contributed by atoms with Crippen LogP contribution in [-0.2, 0) is 4.74 Å². The van der Waals surface area contributed by atoms with E-state index in [0.29, 0.717) is 5.82 Å². The number of hydrogen-bond donors (Lipinski definition) is 1. The van der Waals surface area contributed by atoms with Gasteiger partial charge in [-0.1, -0.05) is 0 Å². The Morgan fingerprint density at radius 1 is 1.50 bits per heavy atom. The highest BCUT2D eigenvalue weighted by Gasteiger charge is 2.09. The summed E-state index contributed by atoms with van der Waals surface area (Å²) in [6.07, 6.45) is 4.67. The van der Waals surface area contributed by atoms with E-state index in [2.05, 4.69) is 14.7 Å². The second-order valence-electron chi connectivity index (χ2n) is 3.10. The van der Waals surface area contributed by atoms with E-state index in [0.717, 1.165) is 5.69 Å². The molecule has 0 unspecified atom stereocenters. The molecule has 0 atom stereocenters. The van der Waals surface area contributed by atoms with Crippen molar-refractivity contribution in [2.24, 2.45) is 0 Å². The van der Waals surface area contributed by atoms with Gasteiger partial charge in [0.1, 0.15) is 12.1 Å². The van der Waals surface area contributed by atoms with E-state index in [4.69, 9.17) is 5.73 Å². The van der Waals surface area contributed by atoms with Crippen LogP contribution in [0.1, 0.15) is 10.5 Å². The van der Waals surface area contributed by atoms with Crippen LogP contribution >= 0.6 is 0 Å². The maximum absolute atomic E-state index is 11.2. The van der Waals surface area contributed by atoms with E-state index >= 15 is 0 Å². The molecule has 0 spiro atoms. The van der Waals surface area contributed by atoms with Crippen molar-refractivity contribution in [3.8, 4) is 5.69 Å². The molecule has 6 heteroatoms. The van der Waals surface area contributed by atoms with Gasteiger partial charge >= 0.3 is 5.97 Å². The first-order valence-electron chi connectivity index (χ1n) is 4.55. The van der Waals surface area contributed by atoms with Gasteiger partial charge in [0.15, 0.2) is 5.69 Å². The third-order valence-corrected chi connectivity index (χ3v) is 2.04. The number of nitrogen functional groups attached to an aromatic ring is 1. The lowest BCUT2D eigenvalue weighted by Gasteiger charge is -2.01. The van der Waals surface area contributed by atoms with Gasteiger partial charge < -0.3 is 15.0 Å². The Labute approximate surface area is 91.7 Å². The Kier molecular flexibility index (Phi) is 2.55. The molecular weight excluding hydrogens is 208 g/mol. The second-order valence-corrected chi connectivity index (χ2v) is 3.10. The minimum atomic E-state index is -0.472. The van der Waals surface area contributed by atoms with Crippen molar-refractivity contribution < 1.29 is 9.53 Å². The number of carbonyl (C=O) groups excluding carboxylic acids is 1. The molecule has 0 amide bonds. The molecule has 0 aliphatic carbocycles. The van der Waals surface area contributed by atoms with Gasteiger partial charge in [0.05, 0.1) is 12.8 Å². The summed E-state index contributed by atoms with van der Waals surface area (Å²) in [6.45, 7) is 0. The summed E-state index contributed by atoms with van der Waals surface area (Å²) in [6, 6.07) is 3.45. The number of aromatic nitrogens is 3. The van der Waals surface area contributed by atoms with Crippen molar-refractivity contribution in [2.75, 3.05) is 12.8 Å². The Morgan fingerprint density at radius 3 is 3.00 bits per heavy atom. The minimum absolute atomic E-state index is 0.248. The molecule has 2 aromatic rings. The second kappa shape index (κ2) is 4.01. The molecule has 2 aromatic heterocycles. The third kappa shape index (κ3) is 1.85. The lowest BCUT2D eigenvalue weighted by atomic mass is 10.4. The number of ether oxygens (including phenoxy) is 1. The zero-order chi connectivity index (χ0) is 11.5. The average Bonchev–Trinajstić information content (AvgIpc) is 2.77. The van der Waals surface area contributed by atoms with Crippen LogP contribution in [0.15, 0.2) is 30.9 Å². The molecule has 0 aliphatic rings. The van der Waals surface area contributed by atoms with E-state index in [1.165, 1.54) is 13.4 Å². The molecule has 0 radical (unpaired) electrons. The predicted molar refractivity (Wildman–Crippen MR) is 57.1 cm³/mol. The minimum Gasteiger partial charge on any atom is -0.464 e. The van der Waals surface area contributed by atoms with Crippen molar-refractivity contribution >= 4 is 11.8 Å². The van der Waals surface area contributed by atoms with Crippen LogP contribution in [0.5, 0.6) is 0 Å². The van der Waals surface area contributed by atoms with Gasteiger partial charge in [-0.25, -0.2) is 14.8 Å². The van der Waals surface area contributed by atoms with E-state index in [9.17, 15) is 4.79 Å². The fraction of sp³-hybridized carbons (Fsp3) is 0.100. The lowest BCUT2D eigenvalue weighted by molar-refractivity contribution is 0.0594. The Hall–Kier alpha value is -2.37. The number of esters is 1. The van der Waals surface area contributed by atoms with Crippen molar-refractivity contribution in [3.63, 3.8) is 0 Å². The molecule has 0 fully saturated rings. The van der Waals surface area contributed by atoms with Gasteiger partial charge in [-0.3, -0.25) is 0 Å². The summed E-state index contributed by atoms with van der Waals surface area (Å²) in [4.78, 5) is 19.0. The van der Waals surface area contributed by atoms with Gasteiger partial charge in [-0.05, 0) is 6.07 Å². The van der Waals surface area contributed by atoms with Gasteiger partial charge in [-0.2, -0.15) is 0 Å². The number of nitrogens with zero attached hydrogens (tertiary/aromatic N) is 3. The van der Waals surface area contributed by atoms with Crippen LogP contribution < -0.4 is 5.73 Å². The molecule has 2 rings (SSSR count). The predicted octanol–water partition coefficient (Wildman–Crippen LogP) is 0.636. The van der Waals surface area contributed by atoms with Gasteiger partial charge in [0.25, 0.3) is 0 Å². The summed E-state index contributed by atoms with van der Waals surface area (Å²) >= 11 is 0. The number of nitrogens with two attached hydrogens (primary N) is 1. The molecule has 0 bridgehead atoms. The monoisotopic (exact) mass is 218 g/mol. The SMILES string of the molecule is COC(=O)c1cn(-c2ccnc(N)c2)cn1. The summed E-state index contributed by atoms with van der Waals surface area (Å²) in [7, 11) is 1.31. The molecule has 0 aromatic carbocycles. The lowest BCUT2D eigenvalue weighted by Crippen LogP contribution is -2.01. The molecule has 2 heterocycles. The van der Waals surface area contributed by atoms with Crippen molar-refractivity contribution in [3.05, 3.63) is 36.5 Å². The number of rotatable bonds is 2. The van der Waals surface area contributed by atoms with Crippen LogP contribution in [0.25, 0.3) is 5.69 Å². The molecule has 6 nitrogen and oxygen atoms in total. The first-order valence-corrected chi connectivity index (χ1v) is 4.55. The van der Waals surface area contributed by atoms with E-state index in [1.807, 2.05) is 0 Å². The Bertz CT molecular complexity index is 521. The van der Waals surface area contributed by atoms with E-state index in [1.54, 1.807) is 29.1 Å². The molecule has 16 heavy (non-hydrogen) atoms. The van der Waals surface area contributed by atoms with Crippen molar-refractivity contribution in [2.45, 2.75) is 0 Å².